The highest BCUT2D eigenvalue weighted by atomic mass is 16.2. The minimum Gasteiger partial charge on any atom is -0.291 e. The van der Waals surface area contributed by atoms with E-state index < -0.39 is 0 Å². The van der Waals surface area contributed by atoms with Crippen molar-refractivity contribution < 1.29 is 4.79 Å². The minimum atomic E-state index is -0.0874. The monoisotopic (exact) mass is 211 g/mol. The van der Waals surface area contributed by atoms with Crippen LogP contribution in [0.4, 0.5) is 0 Å². The molecule has 0 unspecified atom stereocenters. The van der Waals surface area contributed by atoms with Crippen LogP contribution in [0.15, 0.2) is 55.4 Å². The van der Waals surface area contributed by atoms with Gasteiger partial charge in [0.2, 0.25) is 0 Å². The van der Waals surface area contributed by atoms with Gasteiger partial charge >= 0.3 is 0 Å². The number of allylic oxidation sites excluding steroid dienone is 1. The van der Waals surface area contributed by atoms with Crippen LogP contribution in [0, 0.1) is 6.92 Å². The smallest absolute Gasteiger partial charge is 0.261 e. The molecular weight excluding hydrogens is 198 g/mol. The van der Waals surface area contributed by atoms with Crippen molar-refractivity contribution in [3.63, 3.8) is 0 Å². The first kappa shape index (κ1) is 10.4. The van der Waals surface area contributed by atoms with Gasteiger partial charge in [0.05, 0.1) is 0 Å². The first-order valence-corrected chi connectivity index (χ1v) is 5.12. The largest absolute Gasteiger partial charge is 0.291 e. The summed E-state index contributed by atoms with van der Waals surface area (Å²) in [6.07, 6.45) is 3.45. The predicted octanol–water partition coefficient (Wildman–Crippen LogP) is 3.15. The van der Waals surface area contributed by atoms with Gasteiger partial charge in [0.15, 0.2) is 0 Å². The Kier molecular flexibility index (Phi) is 2.73. The van der Waals surface area contributed by atoms with Gasteiger partial charge in [-0.05, 0) is 24.6 Å². The number of hydrogen-bond donors (Lipinski definition) is 0. The van der Waals surface area contributed by atoms with E-state index in [1.807, 2.05) is 43.3 Å². The summed E-state index contributed by atoms with van der Waals surface area (Å²) >= 11 is 0. The fraction of sp³-hybridized carbons (Fsp3) is 0.0714. The van der Waals surface area contributed by atoms with E-state index in [4.69, 9.17) is 0 Å². The van der Waals surface area contributed by atoms with Gasteiger partial charge in [0, 0.05) is 18.0 Å². The first-order valence-electron chi connectivity index (χ1n) is 5.12. The molecule has 16 heavy (non-hydrogen) atoms. The van der Waals surface area contributed by atoms with Crippen LogP contribution in [0.5, 0.6) is 0 Å². The summed E-state index contributed by atoms with van der Waals surface area (Å²) < 4.78 is 1.53. The van der Waals surface area contributed by atoms with Crippen molar-refractivity contribution in [2.75, 3.05) is 0 Å². The SMILES string of the molecule is C=C(C(=O)n1cccc1)c1cccc(C)c1. The predicted molar refractivity (Wildman–Crippen MR) is 65.3 cm³/mol. The summed E-state index contributed by atoms with van der Waals surface area (Å²) in [5.74, 6) is -0.0874. The maximum absolute atomic E-state index is 12.0. The molecule has 0 aliphatic rings. The van der Waals surface area contributed by atoms with Crippen LogP contribution < -0.4 is 0 Å². The Balaban J connectivity index is 2.30. The number of aryl methyl sites for hydroxylation is 1. The Labute approximate surface area is 94.8 Å². The second-order valence-corrected chi connectivity index (χ2v) is 3.74. The maximum Gasteiger partial charge on any atom is 0.261 e. The summed E-state index contributed by atoms with van der Waals surface area (Å²) in [6.45, 7) is 5.85. The lowest BCUT2D eigenvalue weighted by molar-refractivity contribution is 0.0980. The molecule has 1 heterocycles. The van der Waals surface area contributed by atoms with Crippen LogP contribution in [0.25, 0.3) is 5.57 Å². The van der Waals surface area contributed by atoms with Crippen molar-refractivity contribution >= 4 is 11.5 Å². The molecule has 0 aliphatic carbocycles. The van der Waals surface area contributed by atoms with E-state index in [0.29, 0.717) is 5.57 Å². The van der Waals surface area contributed by atoms with Crippen molar-refractivity contribution in [2.24, 2.45) is 0 Å². The molecule has 1 aromatic heterocycles. The van der Waals surface area contributed by atoms with E-state index >= 15 is 0 Å². The molecule has 1 aromatic carbocycles. The molecule has 0 saturated carbocycles. The third kappa shape index (κ3) is 1.96. The molecule has 0 aliphatic heterocycles. The van der Waals surface area contributed by atoms with E-state index in [1.54, 1.807) is 12.4 Å². The zero-order valence-corrected chi connectivity index (χ0v) is 9.18. The molecule has 0 radical (unpaired) electrons. The summed E-state index contributed by atoms with van der Waals surface area (Å²) in [5.41, 5.74) is 2.51. The molecular formula is C14H13NO. The summed E-state index contributed by atoms with van der Waals surface area (Å²) in [7, 11) is 0. The lowest BCUT2D eigenvalue weighted by Gasteiger charge is -2.06. The highest BCUT2D eigenvalue weighted by molar-refractivity contribution is 6.19. The maximum atomic E-state index is 12.0. The van der Waals surface area contributed by atoms with Gasteiger partial charge < -0.3 is 0 Å². The lowest BCUT2D eigenvalue weighted by Crippen LogP contribution is -2.09. The van der Waals surface area contributed by atoms with Crippen LogP contribution in [0.2, 0.25) is 0 Å². The van der Waals surface area contributed by atoms with E-state index in [-0.39, 0.29) is 5.91 Å². The molecule has 2 heteroatoms. The quantitative estimate of drug-likeness (QED) is 0.699. The third-order valence-corrected chi connectivity index (χ3v) is 2.46. The molecule has 80 valence electrons. The second-order valence-electron chi connectivity index (χ2n) is 3.74. The normalized spacial score (nSPS) is 10.1. The second kappa shape index (κ2) is 4.19. The van der Waals surface area contributed by atoms with Crippen molar-refractivity contribution in [3.05, 3.63) is 66.5 Å². The van der Waals surface area contributed by atoms with Gasteiger partial charge in [-0.15, -0.1) is 0 Å². The highest BCUT2D eigenvalue weighted by Gasteiger charge is 2.10. The molecule has 2 aromatic rings. The Morgan fingerprint density at radius 3 is 2.50 bits per heavy atom. The van der Waals surface area contributed by atoms with Crippen LogP contribution >= 0.6 is 0 Å². The zero-order valence-electron chi connectivity index (χ0n) is 9.18. The Hall–Kier alpha value is -2.09. The van der Waals surface area contributed by atoms with Gasteiger partial charge in [-0.3, -0.25) is 9.36 Å². The molecule has 0 bridgehead atoms. The van der Waals surface area contributed by atoms with Gasteiger partial charge in [0.1, 0.15) is 0 Å². The zero-order chi connectivity index (χ0) is 11.5. The van der Waals surface area contributed by atoms with Crippen molar-refractivity contribution in [3.8, 4) is 0 Å². The van der Waals surface area contributed by atoms with E-state index in [0.717, 1.165) is 11.1 Å². The number of carbonyl (C=O) groups is 1. The number of aromatic nitrogens is 1. The third-order valence-electron chi connectivity index (χ3n) is 2.46. The summed E-state index contributed by atoms with van der Waals surface area (Å²) in [4.78, 5) is 12.0. The van der Waals surface area contributed by atoms with Gasteiger partial charge in [-0.2, -0.15) is 0 Å². The molecule has 0 spiro atoms. The van der Waals surface area contributed by atoms with Crippen molar-refractivity contribution in [1.29, 1.82) is 0 Å². The molecule has 0 N–H and O–H groups in total. The molecule has 0 fully saturated rings. The number of nitrogens with zero attached hydrogens (tertiary/aromatic N) is 1. The van der Waals surface area contributed by atoms with Gasteiger partial charge in [-0.25, -0.2) is 0 Å². The van der Waals surface area contributed by atoms with E-state index in [2.05, 4.69) is 6.58 Å². The molecule has 0 atom stereocenters. The fourth-order valence-corrected chi connectivity index (χ4v) is 1.58. The van der Waals surface area contributed by atoms with Crippen molar-refractivity contribution in [2.45, 2.75) is 6.92 Å². The molecule has 2 nitrogen and oxygen atoms in total. The van der Waals surface area contributed by atoms with E-state index in [9.17, 15) is 4.79 Å². The standard InChI is InChI=1S/C14H13NO/c1-11-6-5-7-13(10-11)12(2)14(16)15-8-3-4-9-15/h3-10H,2H2,1H3. The molecule has 2 rings (SSSR count). The van der Waals surface area contributed by atoms with Crippen LogP contribution in [0.1, 0.15) is 15.9 Å². The van der Waals surface area contributed by atoms with Crippen LogP contribution in [-0.2, 0) is 0 Å². The average Bonchev–Trinajstić information content (AvgIpc) is 2.80. The van der Waals surface area contributed by atoms with E-state index in [1.165, 1.54) is 4.57 Å². The Morgan fingerprint density at radius 2 is 1.88 bits per heavy atom. The van der Waals surface area contributed by atoms with Gasteiger partial charge in [0.25, 0.3) is 5.91 Å². The van der Waals surface area contributed by atoms with Gasteiger partial charge in [-0.1, -0.05) is 36.4 Å². The summed E-state index contributed by atoms with van der Waals surface area (Å²) in [6, 6.07) is 11.4. The first-order chi connectivity index (χ1) is 7.68. The number of benzene rings is 1. The Bertz CT molecular complexity index is 523. The summed E-state index contributed by atoms with van der Waals surface area (Å²) in [5, 5.41) is 0. The number of hydrogen-bond acceptors (Lipinski definition) is 1. The highest BCUT2D eigenvalue weighted by Crippen LogP contribution is 2.16. The van der Waals surface area contributed by atoms with Crippen molar-refractivity contribution in [1.82, 2.24) is 4.57 Å². The molecule has 0 saturated heterocycles. The average molecular weight is 211 g/mol. The Morgan fingerprint density at radius 1 is 1.19 bits per heavy atom. The van der Waals surface area contributed by atoms with Crippen LogP contribution in [0.3, 0.4) is 0 Å². The number of rotatable bonds is 2. The lowest BCUT2D eigenvalue weighted by atomic mass is 10.0. The minimum absolute atomic E-state index is 0.0874. The molecule has 0 amide bonds. The number of carbonyl (C=O) groups excluding carboxylic acids is 1. The topological polar surface area (TPSA) is 22.0 Å². The van der Waals surface area contributed by atoms with Crippen LogP contribution in [-0.4, -0.2) is 10.5 Å². The fourth-order valence-electron chi connectivity index (χ4n) is 1.58.